The quantitative estimate of drug-likeness (QED) is 0.467. The number of hydrogen-bond donors (Lipinski definition) is 2. The van der Waals surface area contributed by atoms with Crippen LogP contribution in [-0.2, 0) is 0 Å². The van der Waals surface area contributed by atoms with Gasteiger partial charge in [0.25, 0.3) is 0 Å². The molecule has 2 rings (SSSR count). The number of halogens is 1. The van der Waals surface area contributed by atoms with Crippen molar-refractivity contribution in [1.82, 2.24) is 14.9 Å². The number of rotatable bonds is 7. The first kappa shape index (κ1) is 15.2. The van der Waals surface area contributed by atoms with Gasteiger partial charge in [0, 0.05) is 17.9 Å². The number of hydrogen-bond acceptors (Lipinski definition) is 5. The highest BCUT2D eigenvalue weighted by molar-refractivity contribution is 7.99. The second-order valence-electron chi connectivity index (χ2n) is 4.29. The third kappa shape index (κ3) is 3.65. The molecule has 0 saturated carbocycles. The minimum Gasteiger partial charge on any atom is -0.396 e. The summed E-state index contributed by atoms with van der Waals surface area (Å²) in [7, 11) is 0. The van der Waals surface area contributed by atoms with E-state index in [1.165, 1.54) is 4.68 Å². The number of nitrogen functional groups attached to an aromatic ring is 1. The third-order valence-electron chi connectivity index (χ3n) is 2.81. The standard InChI is InChI=1S/C13H17ClN4OS/c14-11-7-3-2-6-10(11)12-16-17-13(18(12)15)20-9-5-1-4-8-19/h2-3,6-7,19H,1,4-5,8-9,15H2. The van der Waals surface area contributed by atoms with E-state index in [2.05, 4.69) is 10.2 Å². The van der Waals surface area contributed by atoms with Crippen molar-refractivity contribution in [2.75, 3.05) is 18.2 Å². The molecule has 0 spiro atoms. The normalized spacial score (nSPS) is 10.9. The van der Waals surface area contributed by atoms with Crippen molar-refractivity contribution in [3.8, 4) is 11.4 Å². The van der Waals surface area contributed by atoms with Crippen molar-refractivity contribution >= 4 is 23.4 Å². The number of benzene rings is 1. The Balaban J connectivity index is 2.02. The highest BCUT2D eigenvalue weighted by Crippen LogP contribution is 2.27. The lowest BCUT2D eigenvalue weighted by molar-refractivity contribution is 0.284. The maximum absolute atomic E-state index is 8.72. The van der Waals surface area contributed by atoms with Crippen molar-refractivity contribution in [1.29, 1.82) is 0 Å². The molecule has 1 aromatic heterocycles. The minimum absolute atomic E-state index is 0.244. The van der Waals surface area contributed by atoms with Gasteiger partial charge in [0.05, 0.1) is 5.02 Å². The topological polar surface area (TPSA) is 77.0 Å². The van der Waals surface area contributed by atoms with Gasteiger partial charge in [0.1, 0.15) is 0 Å². The summed E-state index contributed by atoms with van der Waals surface area (Å²) in [4.78, 5) is 0. The first-order valence-corrected chi connectivity index (χ1v) is 7.79. The van der Waals surface area contributed by atoms with Gasteiger partial charge in [-0.3, -0.25) is 0 Å². The van der Waals surface area contributed by atoms with E-state index in [1.807, 2.05) is 18.2 Å². The maximum Gasteiger partial charge on any atom is 0.210 e. The molecule has 0 radical (unpaired) electrons. The summed E-state index contributed by atoms with van der Waals surface area (Å²) in [5, 5.41) is 18.2. The van der Waals surface area contributed by atoms with Crippen molar-refractivity contribution in [3.63, 3.8) is 0 Å². The van der Waals surface area contributed by atoms with Gasteiger partial charge in [0.2, 0.25) is 5.16 Å². The molecule has 20 heavy (non-hydrogen) atoms. The van der Waals surface area contributed by atoms with Crippen molar-refractivity contribution in [2.24, 2.45) is 0 Å². The minimum atomic E-state index is 0.244. The van der Waals surface area contributed by atoms with E-state index in [0.717, 1.165) is 30.6 Å². The van der Waals surface area contributed by atoms with Gasteiger partial charge >= 0.3 is 0 Å². The van der Waals surface area contributed by atoms with E-state index >= 15 is 0 Å². The maximum atomic E-state index is 8.72. The fraction of sp³-hybridized carbons (Fsp3) is 0.385. The van der Waals surface area contributed by atoms with Crippen LogP contribution in [0.15, 0.2) is 29.4 Å². The van der Waals surface area contributed by atoms with Crippen LogP contribution in [0.1, 0.15) is 19.3 Å². The predicted molar refractivity (Wildman–Crippen MR) is 82.3 cm³/mol. The predicted octanol–water partition coefficient (Wildman–Crippen LogP) is 2.57. The number of nitrogens with two attached hydrogens (primary N) is 1. The molecular weight excluding hydrogens is 296 g/mol. The molecule has 0 atom stereocenters. The summed E-state index contributed by atoms with van der Waals surface area (Å²) in [5.74, 6) is 7.48. The van der Waals surface area contributed by atoms with Gasteiger partial charge in [-0.2, -0.15) is 0 Å². The van der Waals surface area contributed by atoms with Crippen molar-refractivity contribution in [2.45, 2.75) is 24.4 Å². The number of aliphatic hydroxyl groups is 1. The van der Waals surface area contributed by atoms with E-state index < -0.39 is 0 Å². The van der Waals surface area contributed by atoms with E-state index in [0.29, 0.717) is 16.0 Å². The van der Waals surface area contributed by atoms with Gasteiger partial charge in [-0.05, 0) is 25.0 Å². The monoisotopic (exact) mass is 312 g/mol. The van der Waals surface area contributed by atoms with Crippen LogP contribution in [-0.4, -0.2) is 32.3 Å². The molecule has 3 N–H and O–H groups in total. The molecule has 0 aliphatic heterocycles. The van der Waals surface area contributed by atoms with Gasteiger partial charge in [-0.15, -0.1) is 10.2 Å². The number of nitrogens with zero attached hydrogens (tertiary/aromatic N) is 3. The summed E-state index contributed by atoms with van der Waals surface area (Å²) in [6.45, 7) is 0.244. The Labute approximate surface area is 127 Å². The largest absolute Gasteiger partial charge is 0.396 e. The Morgan fingerprint density at radius 1 is 1.20 bits per heavy atom. The second kappa shape index (κ2) is 7.52. The van der Waals surface area contributed by atoms with Crippen LogP contribution in [0.2, 0.25) is 5.02 Å². The van der Waals surface area contributed by atoms with E-state index in [4.69, 9.17) is 22.6 Å². The third-order valence-corrected chi connectivity index (χ3v) is 4.17. The summed E-state index contributed by atoms with van der Waals surface area (Å²) >= 11 is 7.69. The molecule has 2 aromatic rings. The van der Waals surface area contributed by atoms with E-state index in [-0.39, 0.29) is 6.61 Å². The molecule has 1 aromatic carbocycles. The Hall–Kier alpha value is -1.24. The first-order valence-electron chi connectivity index (χ1n) is 6.43. The SMILES string of the molecule is Nn1c(SCCCCCO)nnc1-c1ccccc1Cl. The molecule has 0 saturated heterocycles. The highest BCUT2D eigenvalue weighted by Gasteiger charge is 2.14. The Kier molecular flexibility index (Phi) is 5.70. The lowest BCUT2D eigenvalue weighted by Gasteiger charge is -2.05. The second-order valence-corrected chi connectivity index (χ2v) is 5.76. The van der Waals surface area contributed by atoms with Gasteiger partial charge in [-0.25, -0.2) is 4.68 Å². The Bertz CT molecular complexity index is 561. The Morgan fingerprint density at radius 2 is 2.00 bits per heavy atom. The van der Waals surface area contributed by atoms with Gasteiger partial charge < -0.3 is 10.9 Å². The average Bonchev–Trinajstić information content (AvgIpc) is 2.81. The summed E-state index contributed by atoms with van der Waals surface area (Å²) < 4.78 is 1.47. The molecule has 0 aliphatic carbocycles. The number of aliphatic hydroxyl groups excluding tert-OH is 1. The van der Waals surface area contributed by atoms with Crippen LogP contribution in [0.25, 0.3) is 11.4 Å². The van der Waals surface area contributed by atoms with E-state index in [1.54, 1.807) is 17.8 Å². The van der Waals surface area contributed by atoms with Crippen LogP contribution in [0.3, 0.4) is 0 Å². The fourth-order valence-corrected chi connectivity index (χ4v) is 2.83. The van der Waals surface area contributed by atoms with Crippen LogP contribution < -0.4 is 5.84 Å². The average molecular weight is 313 g/mol. The van der Waals surface area contributed by atoms with Crippen LogP contribution >= 0.6 is 23.4 Å². The molecular formula is C13H17ClN4OS. The molecule has 1 heterocycles. The molecule has 5 nitrogen and oxygen atoms in total. The molecule has 0 amide bonds. The number of unbranched alkanes of at least 4 members (excludes halogenated alkanes) is 2. The van der Waals surface area contributed by atoms with Crippen LogP contribution in [0.4, 0.5) is 0 Å². The fourth-order valence-electron chi connectivity index (χ4n) is 1.76. The summed E-state index contributed by atoms with van der Waals surface area (Å²) in [5.41, 5.74) is 0.774. The smallest absolute Gasteiger partial charge is 0.210 e. The van der Waals surface area contributed by atoms with Crippen molar-refractivity contribution < 1.29 is 5.11 Å². The van der Waals surface area contributed by atoms with Gasteiger partial charge in [-0.1, -0.05) is 41.9 Å². The first-order chi connectivity index (χ1) is 9.74. The Morgan fingerprint density at radius 3 is 2.75 bits per heavy atom. The summed E-state index contributed by atoms with van der Waals surface area (Å²) in [6, 6.07) is 7.41. The molecule has 0 bridgehead atoms. The van der Waals surface area contributed by atoms with Crippen LogP contribution in [0.5, 0.6) is 0 Å². The lowest BCUT2D eigenvalue weighted by Crippen LogP contribution is -2.11. The molecule has 0 unspecified atom stereocenters. The van der Waals surface area contributed by atoms with Crippen molar-refractivity contribution in [3.05, 3.63) is 29.3 Å². The highest BCUT2D eigenvalue weighted by atomic mass is 35.5. The lowest BCUT2D eigenvalue weighted by atomic mass is 10.2. The molecule has 0 fully saturated rings. The molecule has 0 aliphatic rings. The molecule has 108 valence electrons. The van der Waals surface area contributed by atoms with Crippen LogP contribution in [0, 0.1) is 0 Å². The zero-order valence-electron chi connectivity index (χ0n) is 11.0. The van der Waals surface area contributed by atoms with E-state index in [9.17, 15) is 0 Å². The number of aromatic nitrogens is 3. The number of thioether (sulfide) groups is 1. The zero-order chi connectivity index (χ0) is 14.4. The van der Waals surface area contributed by atoms with Gasteiger partial charge in [0.15, 0.2) is 5.82 Å². The molecule has 7 heteroatoms. The zero-order valence-corrected chi connectivity index (χ0v) is 12.6. The summed E-state index contributed by atoms with van der Waals surface area (Å²) in [6.07, 6.45) is 2.85.